The highest BCUT2D eigenvalue weighted by atomic mass is 15.2. The van der Waals surface area contributed by atoms with Crippen LogP contribution in [-0.2, 0) is 0 Å². The maximum Gasteiger partial charge on any atom is 0.252 e. The Morgan fingerprint density at radius 3 is 0.976 bits per heavy atom. The Kier molecular flexibility index (Phi) is 10.4. The van der Waals surface area contributed by atoms with Crippen molar-refractivity contribution < 1.29 is 0 Å². The predicted octanol–water partition coefficient (Wildman–Crippen LogP) is 19.3. The van der Waals surface area contributed by atoms with E-state index in [2.05, 4.69) is 328 Å². The molecule has 5 heteroatoms. The van der Waals surface area contributed by atoms with Gasteiger partial charge < -0.3 is 18.9 Å². The molecule has 0 fully saturated rings. The second kappa shape index (κ2) is 18.7. The van der Waals surface area contributed by atoms with Gasteiger partial charge in [0.1, 0.15) is 0 Å². The van der Waals surface area contributed by atoms with Crippen LogP contribution in [0.4, 0.5) is 34.1 Å². The Morgan fingerprint density at radius 1 is 0.212 bits per heavy atom. The quantitative estimate of drug-likeness (QED) is 0.117. The molecule has 0 saturated heterocycles. The normalized spacial score (nSPS) is 12.6. The third kappa shape index (κ3) is 7.11. The van der Waals surface area contributed by atoms with Crippen LogP contribution in [0, 0.1) is 0 Å². The molecule has 0 aliphatic carbocycles. The number of fused-ring (bicyclic) bond motifs is 12. The van der Waals surface area contributed by atoms with Crippen molar-refractivity contribution in [3.8, 4) is 44.8 Å². The fourth-order valence-electron chi connectivity index (χ4n) is 14.7. The van der Waals surface area contributed by atoms with Crippen LogP contribution in [0.25, 0.3) is 110 Å². The van der Waals surface area contributed by atoms with Gasteiger partial charge in [-0.15, -0.1) is 0 Å². The molecule has 0 atom stereocenters. The Labute approximate surface area is 492 Å². The summed E-state index contributed by atoms with van der Waals surface area (Å²) in [4.78, 5) is 5.11. The maximum absolute atomic E-state index is 2.55. The summed E-state index contributed by atoms with van der Waals surface area (Å²) in [6.07, 6.45) is 0. The molecule has 0 unspecified atom stereocenters. The van der Waals surface area contributed by atoms with Gasteiger partial charge in [-0.05, 0) is 162 Å². The first-order valence-corrected chi connectivity index (χ1v) is 29.4. The Hall–Kier alpha value is -11.1. The molecule has 18 rings (SSSR count). The van der Waals surface area contributed by atoms with Crippen molar-refractivity contribution in [1.29, 1.82) is 0 Å². The van der Waals surface area contributed by atoms with Gasteiger partial charge in [0.05, 0.1) is 22.1 Å². The molecule has 4 heterocycles. The van der Waals surface area contributed by atoms with Gasteiger partial charge in [-0.1, -0.05) is 218 Å². The maximum atomic E-state index is 2.55. The molecular formula is C80H51BN4. The Bertz CT molecular complexity index is 5000. The summed E-state index contributed by atoms with van der Waals surface area (Å²) in [6.45, 7) is -0.115. The lowest BCUT2D eigenvalue weighted by Gasteiger charge is -2.44. The molecule has 0 bridgehead atoms. The summed E-state index contributed by atoms with van der Waals surface area (Å²) in [5, 5.41) is 9.92. The molecule has 0 N–H and O–H groups in total. The third-order valence-corrected chi connectivity index (χ3v) is 18.2. The number of rotatable bonds is 7. The topological polar surface area (TPSA) is 16.3 Å². The summed E-state index contributed by atoms with van der Waals surface area (Å²) < 4.78 is 4.92. The molecule has 14 aromatic carbocycles. The molecule has 2 aliphatic rings. The van der Waals surface area contributed by atoms with Crippen LogP contribution in [0.2, 0.25) is 0 Å². The number of para-hydroxylation sites is 6. The fraction of sp³-hybridized carbons (Fsp3) is 0. The van der Waals surface area contributed by atoms with Crippen molar-refractivity contribution >= 4 is 122 Å². The average molecular weight is 1080 g/mol. The summed E-state index contributed by atoms with van der Waals surface area (Å²) in [7, 11) is 0. The minimum Gasteiger partial charge on any atom is -0.311 e. The largest absolute Gasteiger partial charge is 0.311 e. The molecule has 0 spiro atoms. The van der Waals surface area contributed by atoms with Crippen LogP contribution < -0.4 is 26.2 Å². The average Bonchev–Trinajstić information content (AvgIpc) is 1.53. The lowest BCUT2D eigenvalue weighted by atomic mass is 9.33. The van der Waals surface area contributed by atoms with E-state index >= 15 is 0 Å². The Morgan fingerprint density at radius 2 is 0.553 bits per heavy atom. The minimum absolute atomic E-state index is 0.115. The van der Waals surface area contributed by atoms with Gasteiger partial charge >= 0.3 is 0 Å². The zero-order valence-corrected chi connectivity index (χ0v) is 46.3. The molecule has 4 nitrogen and oxygen atoms in total. The summed E-state index contributed by atoms with van der Waals surface area (Å²) in [5.74, 6) is 0. The third-order valence-electron chi connectivity index (χ3n) is 18.2. The number of nitrogens with zero attached hydrogens (tertiary/aromatic N) is 4. The van der Waals surface area contributed by atoms with Crippen LogP contribution >= 0.6 is 0 Å². The standard InChI is InChI=1S/C80H51BN4/c1-4-23-52(24-5-1)78-64-35-10-12-37-66(64)79(67-38-13-11-36-65(67)78)54-26-22-25-53(47-54)55-48-76-80-77(49-55)83(57-29-8-3-9-30-57)75-51-59(85-72-41-20-16-33-62(72)63-34-17-21-42-73(63)85)44-46-69(75)81(80)68-45-43-58(50-74(68)82(76)56-27-6-2-7-28-56)84-70-39-18-14-31-60(70)61-32-15-19-40-71(61)84/h1-51H. The molecule has 0 amide bonds. The summed E-state index contributed by atoms with van der Waals surface area (Å²) in [6, 6.07) is 115. The molecule has 2 aromatic heterocycles. The molecule has 2 aliphatic heterocycles. The fourth-order valence-corrected chi connectivity index (χ4v) is 14.7. The van der Waals surface area contributed by atoms with Gasteiger partial charge in [-0.25, -0.2) is 0 Å². The highest BCUT2D eigenvalue weighted by molar-refractivity contribution is 7.00. The Balaban J connectivity index is 0.926. The van der Waals surface area contributed by atoms with Crippen molar-refractivity contribution in [2.24, 2.45) is 0 Å². The number of hydrogen-bond donors (Lipinski definition) is 0. The van der Waals surface area contributed by atoms with E-state index < -0.39 is 0 Å². The van der Waals surface area contributed by atoms with Crippen LogP contribution in [0.3, 0.4) is 0 Å². The van der Waals surface area contributed by atoms with Crippen molar-refractivity contribution in [1.82, 2.24) is 9.13 Å². The van der Waals surface area contributed by atoms with E-state index in [-0.39, 0.29) is 6.71 Å². The molecular weight excluding hydrogens is 1030 g/mol. The van der Waals surface area contributed by atoms with E-state index in [1.165, 1.54) is 104 Å². The molecule has 394 valence electrons. The molecule has 85 heavy (non-hydrogen) atoms. The van der Waals surface area contributed by atoms with Crippen molar-refractivity contribution in [2.75, 3.05) is 9.80 Å². The van der Waals surface area contributed by atoms with E-state index in [1.807, 2.05) is 0 Å². The number of benzene rings is 14. The second-order valence-electron chi connectivity index (χ2n) is 22.7. The van der Waals surface area contributed by atoms with Gasteiger partial charge in [-0.3, -0.25) is 0 Å². The van der Waals surface area contributed by atoms with Gasteiger partial charge in [0, 0.05) is 67.0 Å². The lowest BCUT2D eigenvalue weighted by molar-refractivity contribution is 1.17. The molecule has 0 saturated carbocycles. The monoisotopic (exact) mass is 1080 g/mol. The first-order valence-electron chi connectivity index (χ1n) is 29.4. The summed E-state index contributed by atoms with van der Waals surface area (Å²) >= 11 is 0. The number of anilines is 6. The first kappa shape index (κ1) is 47.5. The van der Waals surface area contributed by atoms with Gasteiger partial charge in [0.2, 0.25) is 0 Å². The number of hydrogen-bond acceptors (Lipinski definition) is 2. The van der Waals surface area contributed by atoms with Crippen molar-refractivity contribution in [2.45, 2.75) is 0 Å². The second-order valence-corrected chi connectivity index (χ2v) is 22.7. The highest BCUT2D eigenvalue weighted by Gasteiger charge is 2.44. The van der Waals surface area contributed by atoms with E-state index in [1.54, 1.807) is 0 Å². The highest BCUT2D eigenvalue weighted by Crippen LogP contribution is 2.49. The van der Waals surface area contributed by atoms with Crippen LogP contribution in [0.15, 0.2) is 309 Å². The predicted molar refractivity (Wildman–Crippen MR) is 360 cm³/mol. The molecule has 16 aromatic rings. The van der Waals surface area contributed by atoms with Gasteiger partial charge in [0.15, 0.2) is 0 Å². The minimum atomic E-state index is -0.115. The first-order chi connectivity index (χ1) is 42.2. The van der Waals surface area contributed by atoms with Crippen molar-refractivity contribution in [3.05, 3.63) is 309 Å². The smallest absolute Gasteiger partial charge is 0.252 e. The van der Waals surface area contributed by atoms with Crippen molar-refractivity contribution in [3.63, 3.8) is 0 Å². The zero-order valence-electron chi connectivity index (χ0n) is 46.3. The van der Waals surface area contributed by atoms with Gasteiger partial charge in [0.25, 0.3) is 6.71 Å². The van der Waals surface area contributed by atoms with Crippen LogP contribution in [0.5, 0.6) is 0 Å². The van der Waals surface area contributed by atoms with E-state index in [9.17, 15) is 0 Å². The lowest BCUT2D eigenvalue weighted by Crippen LogP contribution is -2.61. The van der Waals surface area contributed by atoms with Crippen LogP contribution in [0.1, 0.15) is 0 Å². The number of aromatic nitrogens is 2. The van der Waals surface area contributed by atoms with Gasteiger partial charge in [-0.2, -0.15) is 0 Å². The van der Waals surface area contributed by atoms with E-state index in [0.717, 1.165) is 56.6 Å². The molecule has 0 radical (unpaired) electrons. The SMILES string of the molecule is c1ccc(-c2c3ccccc3c(-c3cccc(-c4cc5c6c(c4)N(c4ccccc4)c4cc(-n7c8ccccc8c8ccccc87)ccc4B6c4ccc(-n6c7ccccc7c7ccccc76)cc4N5c4ccccc4)c3)c3ccccc23)cc1. The van der Waals surface area contributed by atoms with Crippen LogP contribution in [-0.4, -0.2) is 15.8 Å². The summed E-state index contributed by atoms with van der Waals surface area (Å²) in [5.41, 5.74) is 24.8. The zero-order chi connectivity index (χ0) is 55.7. The van der Waals surface area contributed by atoms with E-state index in [4.69, 9.17) is 0 Å². The van der Waals surface area contributed by atoms with E-state index in [0.29, 0.717) is 0 Å².